The molecule has 0 radical (unpaired) electrons. The standard InChI is InChI=1S/C12H15NOS2/c1-9-15-8-7-11(16-9)12(14)13-10-5-3-2-4-6-10/h2-6,9,11H,7-8H2,1H3,(H,13,14). The maximum absolute atomic E-state index is 12.0. The highest BCUT2D eigenvalue weighted by Crippen LogP contribution is 2.35. The second-order valence-corrected chi connectivity index (χ2v) is 7.00. The molecule has 1 aliphatic rings. The van der Waals surface area contributed by atoms with Gasteiger partial charge >= 0.3 is 0 Å². The number of anilines is 1. The third kappa shape index (κ3) is 3.19. The van der Waals surface area contributed by atoms with Crippen molar-refractivity contribution in [3.05, 3.63) is 30.3 Å². The van der Waals surface area contributed by atoms with E-state index in [0.717, 1.165) is 17.9 Å². The quantitative estimate of drug-likeness (QED) is 0.877. The monoisotopic (exact) mass is 253 g/mol. The van der Waals surface area contributed by atoms with Crippen LogP contribution in [0.5, 0.6) is 0 Å². The van der Waals surface area contributed by atoms with Crippen LogP contribution in [0.4, 0.5) is 5.69 Å². The molecule has 1 aromatic rings. The summed E-state index contributed by atoms with van der Waals surface area (Å²) in [5, 5.41) is 3.07. The Bertz CT molecular complexity index is 355. The van der Waals surface area contributed by atoms with E-state index in [4.69, 9.17) is 0 Å². The summed E-state index contributed by atoms with van der Waals surface area (Å²) >= 11 is 3.69. The SMILES string of the molecule is CC1SCCC(C(=O)Nc2ccccc2)S1. The molecule has 2 atom stereocenters. The van der Waals surface area contributed by atoms with Gasteiger partial charge in [0.2, 0.25) is 5.91 Å². The summed E-state index contributed by atoms with van der Waals surface area (Å²) in [6, 6.07) is 9.65. The first-order chi connectivity index (χ1) is 7.75. The average Bonchev–Trinajstić information content (AvgIpc) is 2.30. The zero-order valence-corrected chi connectivity index (χ0v) is 10.8. The number of amides is 1. The molecule has 0 saturated carbocycles. The van der Waals surface area contributed by atoms with Crippen molar-refractivity contribution in [2.75, 3.05) is 11.1 Å². The fraction of sp³-hybridized carbons (Fsp3) is 0.417. The van der Waals surface area contributed by atoms with E-state index in [1.807, 2.05) is 42.1 Å². The van der Waals surface area contributed by atoms with Crippen molar-refractivity contribution in [3.63, 3.8) is 0 Å². The van der Waals surface area contributed by atoms with E-state index >= 15 is 0 Å². The van der Waals surface area contributed by atoms with Crippen molar-refractivity contribution < 1.29 is 4.79 Å². The van der Waals surface area contributed by atoms with Crippen LogP contribution in [0.2, 0.25) is 0 Å². The average molecular weight is 253 g/mol. The van der Waals surface area contributed by atoms with Gasteiger partial charge in [0.1, 0.15) is 0 Å². The Balaban J connectivity index is 1.93. The van der Waals surface area contributed by atoms with Crippen LogP contribution in [0.15, 0.2) is 30.3 Å². The van der Waals surface area contributed by atoms with Gasteiger partial charge in [-0.25, -0.2) is 0 Å². The van der Waals surface area contributed by atoms with E-state index in [9.17, 15) is 4.79 Å². The van der Waals surface area contributed by atoms with Crippen LogP contribution in [0.25, 0.3) is 0 Å². The van der Waals surface area contributed by atoms with Crippen molar-refractivity contribution in [2.45, 2.75) is 23.2 Å². The normalized spacial score (nSPS) is 25.1. The summed E-state index contributed by atoms with van der Waals surface area (Å²) in [4.78, 5) is 12.0. The minimum absolute atomic E-state index is 0.108. The van der Waals surface area contributed by atoms with Gasteiger partial charge in [-0.1, -0.05) is 18.2 Å². The van der Waals surface area contributed by atoms with Gasteiger partial charge in [-0.3, -0.25) is 4.79 Å². The minimum atomic E-state index is 0.108. The molecule has 0 aliphatic carbocycles. The molecule has 0 spiro atoms. The van der Waals surface area contributed by atoms with Crippen molar-refractivity contribution in [1.29, 1.82) is 0 Å². The Morgan fingerprint density at radius 3 is 2.81 bits per heavy atom. The lowest BCUT2D eigenvalue weighted by molar-refractivity contribution is -0.115. The van der Waals surface area contributed by atoms with E-state index in [2.05, 4.69) is 12.2 Å². The lowest BCUT2D eigenvalue weighted by Crippen LogP contribution is -2.29. The summed E-state index contributed by atoms with van der Waals surface area (Å²) in [6.45, 7) is 2.16. The van der Waals surface area contributed by atoms with E-state index in [0.29, 0.717) is 4.58 Å². The molecule has 86 valence electrons. The molecule has 1 fully saturated rings. The molecule has 1 saturated heterocycles. The molecular formula is C12H15NOS2. The van der Waals surface area contributed by atoms with Crippen LogP contribution >= 0.6 is 23.5 Å². The van der Waals surface area contributed by atoms with Crippen LogP contribution in [0, 0.1) is 0 Å². The number of carbonyl (C=O) groups is 1. The number of para-hydroxylation sites is 1. The van der Waals surface area contributed by atoms with Gasteiger partial charge in [0.15, 0.2) is 0 Å². The third-order valence-electron chi connectivity index (χ3n) is 2.42. The molecule has 1 amide bonds. The smallest absolute Gasteiger partial charge is 0.237 e. The maximum atomic E-state index is 12.0. The van der Waals surface area contributed by atoms with Gasteiger partial charge in [0, 0.05) is 10.3 Å². The first-order valence-electron chi connectivity index (χ1n) is 5.38. The highest BCUT2D eigenvalue weighted by Gasteiger charge is 2.25. The van der Waals surface area contributed by atoms with Gasteiger partial charge in [0.25, 0.3) is 0 Å². The largest absolute Gasteiger partial charge is 0.325 e. The Kier molecular flexibility index (Phi) is 4.18. The first kappa shape index (κ1) is 11.9. The van der Waals surface area contributed by atoms with Crippen molar-refractivity contribution in [1.82, 2.24) is 0 Å². The molecule has 2 unspecified atom stereocenters. The van der Waals surface area contributed by atoms with Crippen LogP contribution < -0.4 is 5.32 Å². The van der Waals surface area contributed by atoms with Gasteiger partial charge in [-0.2, -0.15) is 0 Å². The molecule has 4 heteroatoms. The predicted octanol–water partition coefficient (Wildman–Crippen LogP) is 3.21. The van der Waals surface area contributed by atoms with E-state index in [1.165, 1.54) is 0 Å². The lowest BCUT2D eigenvalue weighted by Gasteiger charge is -2.25. The third-order valence-corrected chi connectivity index (χ3v) is 5.27. The molecular weight excluding hydrogens is 238 g/mol. The number of rotatable bonds is 2. The Morgan fingerprint density at radius 1 is 1.38 bits per heavy atom. The van der Waals surface area contributed by atoms with E-state index in [1.54, 1.807) is 11.8 Å². The van der Waals surface area contributed by atoms with Gasteiger partial charge < -0.3 is 5.32 Å². The maximum Gasteiger partial charge on any atom is 0.237 e. The van der Waals surface area contributed by atoms with Crippen LogP contribution in [-0.4, -0.2) is 21.5 Å². The van der Waals surface area contributed by atoms with Crippen LogP contribution in [0.1, 0.15) is 13.3 Å². The molecule has 0 bridgehead atoms. The molecule has 1 N–H and O–H groups in total. The van der Waals surface area contributed by atoms with E-state index in [-0.39, 0.29) is 11.2 Å². The van der Waals surface area contributed by atoms with Crippen molar-refractivity contribution in [2.24, 2.45) is 0 Å². The Hall–Kier alpha value is -0.610. The van der Waals surface area contributed by atoms with Gasteiger partial charge in [-0.05, 0) is 31.2 Å². The summed E-state index contributed by atoms with van der Waals surface area (Å²) in [7, 11) is 0. The molecule has 1 heterocycles. The number of hydrogen-bond acceptors (Lipinski definition) is 3. The molecule has 1 aromatic carbocycles. The summed E-state index contributed by atoms with van der Waals surface area (Å²) < 4.78 is 0.528. The number of nitrogens with one attached hydrogen (secondary N) is 1. The highest BCUT2D eigenvalue weighted by molar-refractivity contribution is 8.18. The fourth-order valence-corrected chi connectivity index (χ4v) is 4.37. The number of benzene rings is 1. The summed E-state index contributed by atoms with van der Waals surface area (Å²) in [5.41, 5.74) is 0.888. The topological polar surface area (TPSA) is 29.1 Å². The molecule has 2 nitrogen and oxygen atoms in total. The first-order valence-corrected chi connectivity index (χ1v) is 7.38. The fourth-order valence-electron chi connectivity index (χ4n) is 1.62. The lowest BCUT2D eigenvalue weighted by atomic mass is 10.3. The number of carbonyl (C=O) groups excluding carboxylic acids is 1. The molecule has 1 aliphatic heterocycles. The van der Waals surface area contributed by atoms with Crippen molar-refractivity contribution >= 4 is 35.1 Å². The van der Waals surface area contributed by atoms with Crippen LogP contribution in [0.3, 0.4) is 0 Å². The predicted molar refractivity (Wildman–Crippen MR) is 73.0 cm³/mol. The Labute approximate surface area is 105 Å². The minimum Gasteiger partial charge on any atom is -0.325 e. The van der Waals surface area contributed by atoms with Gasteiger partial charge in [0.05, 0.1) is 5.25 Å². The van der Waals surface area contributed by atoms with Gasteiger partial charge in [-0.15, -0.1) is 23.5 Å². The second kappa shape index (κ2) is 5.64. The molecule has 0 aromatic heterocycles. The highest BCUT2D eigenvalue weighted by atomic mass is 32.2. The van der Waals surface area contributed by atoms with Crippen LogP contribution in [-0.2, 0) is 4.79 Å². The molecule has 2 rings (SSSR count). The second-order valence-electron chi connectivity index (χ2n) is 3.71. The van der Waals surface area contributed by atoms with E-state index < -0.39 is 0 Å². The number of hydrogen-bond donors (Lipinski definition) is 1. The zero-order chi connectivity index (χ0) is 11.4. The summed E-state index contributed by atoms with van der Waals surface area (Å²) in [6.07, 6.45) is 0.971. The number of thioether (sulfide) groups is 2. The Morgan fingerprint density at radius 2 is 2.12 bits per heavy atom. The molecule has 16 heavy (non-hydrogen) atoms. The van der Waals surface area contributed by atoms with Crippen molar-refractivity contribution in [3.8, 4) is 0 Å². The zero-order valence-electron chi connectivity index (χ0n) is 9.18. The summed E-state index contributed by atoms with van der Waals surface area (Å²) in [5.74, 6) is 1.23.